The third-order valence-electron chi connectivity index (χ3n) is 3.80. The monoisotopic (exact) mass is 379 g/mol. The number of hydrogen-bond donors (Lipinski definition) is 1. The van der Waals surface area contributed by atoms with Crippen molar-refractivity contribution in [2.75, 3.05) is 11.1 Å². The fourth-order valence-electron chi connectivity index (χ4n) is 2.56. The summed E-state index contributed by atoms with van der Waals surface area (Å²) in [5.74, 6) is -0.380. The number of nitrogens with one attached hydrogen (secondary N) is 1. The molecule has 0 unspecified atom stereocenters. The molecule has 0 spiro atoms. The zero-order valence-corrected chi connectivity index (χ0v) is 14.9. The Balaban J connectivity index is 1.50. The van der Waals surface area contributed by atoms with Gasteiger partial charge in [0.15, 0.2) is 5.65 Å². The van der Waals surface area contributed by atoms with E-state index in [4.69, 9.17) is 0 Å². The summed E-state index contributed by atoms with van der Waals surface area (Å²) in [4.78, 5) is 20.7. The number of anilines is 1. The Morgan fingerprint density at radius 3 is 2.63 bits per heavy atom. The summed E-state index contributed by atoms with van der Waals surface area (Å²) in [6.07, 6.45) is 3.16. The zero-order chi connectivity index (χ0) is 18.6. The van der Waals surface area contributed by atoms with Crippen LogP contribution in [-0.4, -0.2) is 31.4 Å². The van der Waals surface area contributed by atoms with E-state index in [1.54, 1.807) is 10.9 Å². The van der Waals surface area contributed by atoms with Gasteiger partial charge in [-0.2, -0.15) is 5.10 Å². The van der Waals surface area contributed by atoms with Crippen LogP contribution in [0.4, 0.5) is 10.1 Å². The lowest BCUT2D eigenvalue weighted by molar-refractivity contribution is -0.113. The molecule has 2 aromatic carbocycles. The molecule has 2 aromatic heterocycles. The highest BCUT2D eigenvalue weighted by Crippen LogP contribution is 2.25. The molecule has 134 valence electrons. The largest absolute Gasteiger partial charge is 0.325 e. The maximum absolute atomic E-state index is 12.9. The van der Waals surface area contributed by atoms with Gasteiger partial charge in [-0.1, -0.05) is 30.0 Å². The number of halogens is 1. The molecule has 1 amide bonds. The lowest BCUT2D eigenvalue weighted by atomic mass is 10.3. The molecule has 0 bridgehead atoms. The molecule has 4 rings (SSSR count). The van der Waals surface area contributed by atoms with E-state index in [9.17, 15) is 9.18 Å². The first-order valence-electron chi connectivity index (χ1n) is 8.13. The van der Waals surface area contributed by atoms with Crippen LogP contribution in [0, 0.1) is 5.82 Å². The Bertz CT molecular complexity index is 1080. The summed E-state index contributed by atoms with van der Waals surface area (Å²) in [6.45, 7) is 0. The first-order chi connectivity index (χ1) is 13.2. The predicted molar refractivity (Wildman–Crippen MR) is 102 cm³/mol. The maximum Gasteiger partial charge on any atom is 0.234 e. The fraction of sp³-hybridized carbons (Fsp3) is 0.0526. The second-order valence-electron chi connectivity index (χ2n) is 5.65. The van der Waals surface area contributed by atoms with Crippen molar-refractivity contribution in [3.63, 3.8) is 0 Å². The molecule has 2 heterocycles. The first-order valence-corrected chi connectivity index (χ1v) is 9.11. The molecule has 0 saturated carbocycles. The second kappa shape index (κ2) is 7.55. The lowest BCUT2D eigenvalue weighted by Gasteiger charge is -2.06. The average Bonchev–Trinajstić information content (AvgIpc) is 3.13. The molecule has 0 atom stereocenters. The van der Waals surface area contributed by atoms with Crippen LogP contribution >= 0.6 is 11.8 Å². The first kappa shape index (κ1) is 17.2. The van der Waals surface area contributed by atoms with E-state index < -0.39 is 0 Å². The van der Waals surface area contributed by atoms with Gasteiger partial charge in [0.05, 0.1) is 23.0 Å². The highest BCUT2D eigenvalue weighted by molar-refractivity contribution is 8.00. The minimum Gasteiger partial charge on any atom is -0.325 e. The van der Waals surface area contributed by atoms with Gasteiger partial charge in [0.2, 0.25) is 5.91 Å². The van der Waals surface area contributed by atoms with Crippen LogP contribution in [0.5, 0.6) is 0 Å². The Kier molecular flexibility index (Phi) is 4.80. The lowest BCUT2D eigenvalue weighted by Crippen LogP contribution is -2.14. The van der Waals surface area contributed by atoms with Crippen LogP contribution in [0.15, 0.2) is 72.1 Å². The van der Waals surface area contributed by atoms with E-state index in [2.05, 4.69) is 20.4 Å². The normalized spacial score (nSPS) is 10.9. The van der Waals surface area contributed by atoms with Crippen molar-refractivity contribution in [3.05, 3.63) is 72.9 Å². The molecule has 0 radical (unpaired) electrons. The standard InChI is InChI=1S/C19H14FN5OS/c20-13-6-8-14(9-7-13)24-17(26)11-27-19-16-10-23-25(18(16)21-12-22-19)15-4-2-1-3-5-15/h1-10,12H,11H2,(H,24,26). The van der Waals surface area contributed by atoms with Crippen molar-refractivity contribution < 1.29 is 9.18 Å². The molecule has 0 aliphatic rings. The van der Waals surface area contributed by atoms with Gasteiger partial charge in [-0.15, -0.1) is 0 Å². The molecule has 1 N–H and O–H groups in total. The smallest absolute Gasteiger partial charge is 0.234 e. The number of carbonyl (C=O) groups is 1. The van der Waals surface area contributed by atoms with Crippen LogP contribution in [0.25, 0.3) is 16.7 Å². The third-order valence-corrected chi connectivity index (χ3v) is 4.80. The summed E-state index contributed by atoms with van der Waals surface area (Å²) in [6, 6.07) is 15.3. The minimum absolute atomic E-state index is 0.167. The van der Waals surface area contributed by atoms with Gasteiger partial charge in [-0.3, -0.25) is 4.79 Å². The van der Waals surface area contributed by atoms with E-state index in [1.165, 1.54) is 42.4 Å². The molecule has 6 nitrogen and oxygen atoms in total. The number of benzene rings is 2. The van der Waals surface area contributed by atoms with Crippen molar-refractivity contribution >= 4 is 34.4 Å². The molecule has 27 heavy (non-hydrogen) atoms. The van der Waals surface area contributed by atoms with Gasteiger partial charge < -0.3 is 5.32 Å². The van der Waals surface area contributed by atoms with Gasteiger partial charge in [-0.05, 0) is 36.4 Å². The van der Waals surface area contributed by atoms with Gasteiger partial charge in [0, 0.05) is 5.69 Å². The molecule has 0 fully saturated rings. The predicted octanol–water partition coefficient (Wildman–Crippen LogP) is 3.69. The van der Waals surface area contributed by atoms with Crippen LogP contribution < -0.4 is 5.32 Å². The second-order valence-corrected chi connectivity index (χ2v) is 6.62. The number of amides is 1. The summed E-state index contributed by atoms with van der Waals surface area (Å²) in [7, 11) is 0. The number of rotatable bonds is 5. The Morgan fingerprint density at radius 1 is 1.07 bits per heavy atom. The van der Waals surface area contributed by atoms with Gasteiger partial charge in [0.1, 0.15) is 17.2 Å². The van der Waals surface area contributed by atoms with Crippen LogP contribution in [-0.2, 0) is 4.79 Å². The number of carbonyl (C=O) groups excluding carboxylic acids is 1. The molecular formula is C19H14FN5OS. The highest BCUT2D eigenvalue weighted by Gasteiger charge is 2.13. The average molecular weight is 379 g/mol. The molecular weight excluding hydrogens is 365 g/mol. The van der Waals surface area contributed by atoms with E-state index in [0.29, 0.717) is 16.4 Å². The van der Waals surface area contributed by atoms with Crippen LogP contribution in [0.2, 0.25) is 0 Å². The number of para-hydroxylation sites is 1. The van der Waals surface area contributed by atoms with Crippen molar-refractivity contribution in [3.8, 4) is 5.69 Å². The molecule has 8 heteroatoms. The number of nitrogens with zero attached hydrogens (tertiary/aromatic N) is 4. The Labute approximate surface area is 158 Å². The van der Waals surface area contributed by atoms with Crippen molar-refractivity contribution in [1.29, 1.82) is 0 Å². The third kappa shape index (κ3) is 3.80. The summed E-state index contributed by atoms with van der Waals surface area (Å²) < 4.78 is 14.7. The van der Waals surface area contributed by atoms with Gasteiger partial charge in [-0.25, -0.2) is 19.0 Å². The maximum atomic E-state index is 12.9. The van der Waals surface area contributed by atoms with E-state index in [1.807, 2.05) is 30.3 Å². The highest BCUT2D eigenvalue weighted by atomic mass is 32.2. The number of fused-ring (bicyclic) bond motifs is 1. The van der Waals surface area contributed by atoms with E-state index >= 15 is 0 Å². The van der Waals surface area contributed by atoms with Crippen molar-refractivity contribution in [1.82, 2.24) is 19.7 Å². The quantitative estimate of drug-likeness (QED) is 0.423. The van der Waals surface area contributed by atoms with E-state index in [-0.39, 0.29) is 17.5 Å². The van der Waals surface area contributed by atoms with Crippen LogP contribution in [0.1, 0.15) is 0 Å². The van der Waals surface area contributed by atoms with Crippen molar-refractivity contribution in [2.24, 2.45) is 0 Å². The van der Waals surface area contributed by atoms with Gasteiger partial charge >= 0.3 is 0 Å². The molecule has 0 aliphatic heterocycles. The number of hydrogen-bond acceptors (Lipinski definition) is 5. The zero-order valence-electron chi connectivity index (χ0n) is 14.0. The Morgan fingerprint density at radius 2 is 1.85 bits per heavy atom. The topological polar surface area (TPSA) is 72.7 Å². The fourth-order valence-corrected chi connectivity index (χ4v) is 3.32. The molecule has 0 aliphatic carbocycles. The summed E-state index contributed by atoms with van der Waals surface area (Å²) in [5.41, 5.74) is 2.13. The van der Waals surface area contributed by atoms with Crippen molar-refractivity contribution in [2.45, 2.75) is 5.03 Å². The molecule has 4 aromatic rings. The summed E-state index contributed by atoms with van der Waals surface area (Å²) in [5, 5.41) is 8.58. The van der Waals surface area contributed by atoms with Crippen LogP contribution in [0.3, 0.4) is 0 Å². The Hall–Kier alpha value is -3.26. The number of thioether (sulfide) groups is 1. The SMILES string of the molecule is O=C(CSc1ncnc2c1cnn2-c1ccccc1)Nc1ccc(F)cc1. The van der Waals surface area contributed by atoms with Gasteiger partial charge in [0.25, 0.3) is 0 Å². The number of aromatic nitrogens is 4. The van der Waals surface area contributed by atoms with E-state index in [0.717, 1.165) is 11.1 Å². The summed E-state index contributed by atoms with van der Waals surface area (Å²) >= 11 is 1.30. The molecule has 0 saturated heterocycles. The minimum atomic E-state index is -0.346.